The Kier molecular flexibility index (Phi) is 2.97. The molecule has 0 spiro atoms. The van der Waals surface area contributed by atoms with E-state index in [0.29, 0.717) is 16.7 Å². The van der Waals surface area contributed by atoms with Crippen LogP contribution in [0.5, 0.6) is 0 Å². The number of hydrogen-bond donors (Lipinski definition) is 1. The van der Waals surface area contributed by atoms with Crippen molar-refractivity contribution < 1.29 is 8.42 Å². The topological polar surface area (TPSA) is 90.9 Å². The standard InChI is InChI=1S/C12H9ClN4O2S/c13-12-15-6-5-11(16-12)17-7-10(20(14,18)19)8-3-1-2-4-9(8)17/h1-7H,(H2,14,18,19). The Balaban J connectivity index is 2.38. The van der Waals surface area contributed by atoms with E-state index in [1.54, 1.807) is 34.9 Å². The van der Waals surface area contributed by atoms with Crippen LogP contribution in [-0.4, -0.2) is 23.0 Å². The summed E-state index contributed by atoms with van der Waals surface area (Å²) in [5, 5.41) is 5.86. The monoisotopic (exact) mass is 308 g/mol. The van der Waals surface area contributed by atoms with Gasteiger partial charge in [-0.05, 0) is 23.7 Å². The summed E-state index contributed by atoms with van der Waals surface area (Å²) in [6.07, 6.45) is 2.93. The molecular formula is C12H9ClN4O2S. The molecule has 0 saturated carbocycles. The second-order valence-electron chi connectivity index (χ2n) is 4.11. The van der Waals surface area contributed by atoms with Crippen molar-refractivity contribution in [3.63, 3.8) is 0 Å². The number of fused-ring (bicyclic) bond motifs is 1. The van der Waals surface area contributed by atoms with Gasteiger partial charge in [-0.3, -0.25) is 4.57 Å². The van der Waals surface area contributed by atoms with E-state index in [9.17, 15) is 8.42 Å². The molecule has 6 nitrogen and oxygen atoms in total. The maximum Gasteiger partial charge on any atom is 0.240 e. The maximum atomic E-state index is 11.7. The van der Waals surface area contributed by atoms with Gasteiger partial charge in [0.25, 0.3) is 0 Å². The van der Waals surface area contributed by atoms with Crippen molar-refractivity contribution in [2.75, 3.05) is 0 Å². The zero-order valence-corrected chi connectivity index (χ0v) is 11.6. The molecule has 0 fully saturated rings. The second kappa shape index (κ2) is 4.55. The fraction of sp³-hybridized carbons (Fsp3) is 0. The van der Waals surface area contributed by atoms with Crippen molar-refractivity contribution in [1.29, 1.82) is 0 Å². The molecule has 20 heavy (non-hydrogen) atoms. The van der Waals surface area contributed by atoms with E-state index in [0.717, 1.165) is 0 Å². The molecule has 8 heteroatoms. The van der Waals surface area contributed by atoms with E-state index < -0.39 is 10.0 Å². The molecule has 0 atom stereocenters. The summed E-state index contributed by atoms with van der Waals surface area (Å²) in [6, 6.07) is 8.64. The van der Waals surface area contributed by atoms with Gasteiger partial charge < -0.3 is 0 Å². The fourth-order valence-corrected chi connectivity index (χ4v) is 2.90. The number of aromatic nitrogens is 3. The van der Waals surface area contributed by atoms with Gasteiger partial charge in [0, 0.05) is 17.8 Å². The predicted octanol–water partition coefficient (Wildman–Crippen LogP) is 1.72. The fourth-order valence-electron chi connectivity index (χ4n) is 2.02. The van der Waals surface area contributed by atoms with Gasteiger partial charge >= 0.3 is 0 Å². The van der Waals surface area contributed by atoms with Crippen molar-refractivity contribution >= 4 is 32.5 Å². The molecule has 3 rings (SSSR count). The first-order chi connectivity index (χ1) is 9.47. The van der Waals surface area contributed by atoms with Gasteiger partial charge in [-0.25, -0.2) is 18.5 Å². The van der Waals surface area contributed by atoms with Crippen molar-refractivity contribution in [3.8, 4) is 5.82 Å². The van der Waals surface area contributed by atoms with Crippen LogP contribution in [0.4, 0.5) is 0 Å². The third-order valence-electron chi connectivity index (χ3n) is 2.84. The molecule has 102 valence electrons. The Hall–Kier alpha value is -1.96. The lowest BCUT2D eigenvalue weighted by Gasteiger charge is -2.03. The Labute approximate surface area is 119 Å². The van der Waals surface area contributed by atoms with Gasteiger partial charge in [0.2, 0.25) is 15.3 Å². The van der Waals surface area contributed by atoms with Gasteiger partial charge in [-0.15, -0.1) is 0 Å². The van der Waals surface area contributed by atoms with E-state index in [1.807, 2.05) is 0 Å². The number of hydrogen-bond acceptors (Lipinski definition) is 4. The van der Waals surface area contributed by atoms with Gasteiger partial charge in [-0.1, -0.05) is 18.2 Å². The van der Waals surface area contributed by atoms with Crippen molar-refractivity contribution in [2.45, 2.75) is 4.90 Å². The summed E-state index contributed by atoms with van der Waals surface area (Å²) in [5.41, 5.74) is 0.672. The highest BCUT2D eigenvalue weighted by atomic mass is 35.5. The zero-order valence-electron chi connectivity index (χ0n) is 10.1. The quantitative estimate of drug-likeness (QED) is 0.730. The van der Waals surface area contributed by atoms with Crippen LogP contribution < -0.4 is 5.14 Å². The molecule has 0 aliphatic rings. The Bertz CT molecular complexity index is 905. The molecule has 1 aromatic carbocycles. The summed E-state index contributed by atoms with van der Waals surface area (Å²) >= 11 is 5.76. The number of primary sulfonamides is 1. The first kappa shape index (κ1) is 13.0. The molecule has 0 unspecified atom stereocenters. The van der Waals surface area contributed by atoms with Crippen LogP contribution >= 0.6 is 11.6 Å². The smallest absolute Gasteiger partial charge is 0.240 e. The molecule has 0 radical (unpaired) electrons. The highest BCUT2D eigenvalue weighted by Gasteiger charge is 2.18. The van der Waals surface area contributed by atoms with Gasteiger partial charge in [-0.2, -0.15) is 4.98 Å². The van der Waals surface area contributed by atoms with Crippen LogP contribution in [-0.2, 0) is 10.0 Å². The Morgan fingerprint density at radius 3 is 2.65 bits per heavy atom. The number of sulfonamides is 1. The molecule has 2 heterocycles. The SMILES string of the molecule is NS(=O)(=O)c1cn(-c2ccnc(Cl)n2)c2ccccc12. The van der Waals surface area contributed by atoms with Crippen molar-refractivity contribution in [2.24, 2.45) is 5.14 Å². The van der Waals surface area contributed by atoms with Gasteiger partial charge in [0.15, 0.2) is 0 Å². The normalized spacial score (nSPS) is 11.9. The number of nitrogens with zero attached hydrogens (tertiary/aromatic N) is 3. The lowest BCUT2D eigenvalue weighted by molar-refractivity contribution is 0.598. The van der Waals surface area contributed by atoms with E-state index in [-0.39, 0.29) is 10.2 Å². The molecular weight excluding hydrogens is 300 g/mol. The Morgan fingerprint density at radius 1 is 1.20 bits per heavy atom. The molecule has 0 aliphatic heterocycles. The molecule has 0 saturated heterocycles. The average Bonchev–Trinajstić information content (AvgIpc) is 2.78. The minimum absolute atomic E-state index is 0.0443. The van der Waals surface area contributed by atoms with Gasteiger partial charge in [0.1, 0.15) is 10.7 Å². The molecule has 0 amide bonds. The highest BCUT2D eigenvalue weighted by molar-refractivity contribution is 7.89. The van der Waals surface area contributed by atoms with Crippen molar-refractivity contribution in [1.82, 2.24) is 14.5 Å². The van der Waals surface area contributed by atoms with Crippen LogP contribution in [0.3, 0.4) is 0 Å². The molecule has 0 bridgehead atoms. The predicted molar refractivity (Wildman–Crippen MR) is 75.2 cm³/mol. The average molecular weight is 309 g/mol. The van der Waals surface area contributed by atoms with Crippen LogP contribution in [0.15, 0.2) is 47.6 Å². The summed E-state index contributed by atoms with van der Waals surface area (Å²) in [6.45, 7) is 0. The third kappa shape index (κ3) is 2.15. The summed E-state index contributed by atoms with van der Waals surface area (Å²) in [4.78, 5) is 7.91. The lowest BCUT2D eigenvalue weighted by Crippen LogP contribution is -2.11. The number of benzene rings is 1. The minimum atomic E-state index is -3.82. The van der Waals surface area contributed by atoms with E-state index >= 15 is 0 Å². The first-order valence-corrected chi connectivity index (χ1v) is 7.51. The van der Waals surface area contributed by atoms with E-state index in [1.165, 1.54) is 12.4 Å². The molecule has 2 aromatic heterocycles. The largest absolute Gasteiger partial charge is 0.300 e. The van der Waals surface area contributed by atoms with Gasteiger partial charge in [0.05, 0.1) is 5.52 Å². The Morgan fingerprint density at radius 2 is 1.95 bits per heavy atom. The van der Waals surface area contributed by atoms with E-state index in [4.69, 9.17) is 16.7 Å². The molecule has 3 aromatic rings. The summed E-state index contributed by atoms with van der Waals surface area (Å²) in [5.74, 6) is 0.469. The van der Waals surface area contributed by atoms with Crippen LogP contribution in [0.25, 0.3) is 16.7 Å². The first-order valence-electron chi connectivity index (χ1n) is 5.58. The zero-order chi connectivity index (χ0) is 14.3. The van der Waals surface area contributed by atoms with Crippen LogP contribution in [0.2, 0.25) is 5.28 Å². The summed E-state index contributed by atoms with van der Waals surface area (Å²) in [7, 11) is -3.82. The highest BCUT2D eigenvalue weighted by Crippen LogP contribution is 2.26. The third-order valence-corrected chi connectivity index (χ3v) is 3.96. The number of nitrogens with two attached hydrogens (primary N) is 1. The minimum Gasteiger partial charge on any atom is -0.300 e. The number of para-hydroxylation sites is 1. The summed E-state index contributed by atoms with van der Waals surface area (Å²) < 4.78 is 24.9. The van der Waals surface area contributed by atoms with Crippen molar-refractivity contribution in [3.05, 3.63) is 48.0 Å². The van der Waals surface area contributed by atoms with Crippen LogP contribution in [0, 0.1) is 0 Å². The molecule has 0 aliphatic carbocycles. The molecule has 2 N–H and O–H groups in total. The number of halogens is 1. The maximum absolute atomic E-state index is 11.7. The number of rotatable bonds is 2. The second-order valence-corrected chi connectivity index (χ2v) is 5.98. The van der Waals surface area contributed by atoms with Crippen LogP contribution in [0.1, 0.15) is 0 Å². The lowest BCUT2D eigenvalue weighted by atomic mass is 10.2. The van der Waals surface area contributed by atoms with E-state index in [2.05, 4.69) is 9.97 Å².